The second-order valence-corrected chi connectivity index (χ2v) is 6.82. The van der Waals surface area contributed by atoms with Gasteiger partial charge in [0.15, 0.2) is 0 Å². The molecule has 0 saturated carbocycles. The Morgan fingerprint density at radius 2 is 1.30 bits per heavy atom. The first-order valence-electron chi connectivity index (χ1n) is 8.87. The van der Waals surface area contributed by atoms with E-state index in [4.69, 9.17) is 22.3 Å². The molecular weight excluding hydrogens is 404 g/mol. The smallest absolute Gasteiger partial charge is 0.326 e. The van der Waals surface area contributed by atoms with Gasteiger partial charge in [-0.05, 0) is 5.92 Å². The number of carbonyl (C=O) groups is 6. The van der Waals surface area contributed by atoms with E-state index >= 15 is 0 Å². The summed E-state index contributed by atoms with van der Waals surface area (Å²) < 4.78 is 0. The summed E-state index contributed by atoms with van der Waals surface area (Å²) in [5.41, 5.74) is 15.4. The Bertz CT molecular complexity index is 683. The van der Waals surface area contributed by atoms with Gasteiger partial charge in [0.05, 0.1) is 25.5 Å². The Morgan fingerprint density at radius 3 is 1.70 bits per heavy atom. The van der Waals surface area contributed by atoms with Gasteiger partial charge >= 0.3 is 5.97 Å². The molecule has 0 radical (unpaired) electrons. The maximum absolute atomic E-state index is 12.5. The third kappa shape index (κ3) is 9.29. The number of rotatable bonds is 13. The van der Waals surface area contributed by atoms with Crippen molar-refractivity contribution in [3.05, 3.63) is 0 Å². The van der Waals surface area contributed by atoms with Crippen LogP contribution in [0.1, 0.15) is 26.7 Å². The summed E-state index contributed by atoms with van der Waals surface area (Å²) in [5, 5.41) is 24.9. The summed E-state index contributed by atoms with van der Waals surface area (Å²) in [5.74, 6) is -6.62. The van der Waals surface area contributed by atoms with E-state index in [1.807, 2.05) is 5.32 Å². The van der Waals surface area contributed by atoms with Crippen LogP contribution in [0.15, 0.2) is 0 Å². The van der Waals surface area contributed by atoms with Gasteiger partial charge in [-0.25, -0.2) is 4.79 Å². The van der Waals surface area contributed by atoms with E-state index in [1.54, 1.807) is 13.8 Å². The predicted molar refractivity (Wildman–Crippen MR) is 101 cm³/mol. The number of nitrogens with two attached hydrogens (primary N) is 3. The van der Waals surface area contributed by atoms with Crippen molar-refractivity contribution in [3.63, 3.8) is 0 Å². The second-order valence-electron chi connectivity index (χ2n) is 6.82. The standard InChI is InChI=1S/C16H28N6O8/c1-6(2)12(22-13(26)7(17)3-10(18)24)15(28)21-9(5-23)14(27)20-8(16(29)30)4-11(19)25/h6-9,12,23H,3-5,17H2,1-2H3,(H2,18,24)(H2,19,25)(H,20,27)(H,21,28)(H,22,26)(H,29,30). The molecule has 4 unspecified atom stereocenters. The highest BCUT2D eigenvalue weighted by atomic mass is 16.4. The van der Waals surface area contributed by atoms with E-state index in [1.165, 1.54) is 0 Å². The number of carbonyl (C=O) groups excluding carboxylic acids is 5. The van der Waals surface area contributed by atoms with Crippen molar-refractivity contribution < 1.29 is 39.0 Å². The van der Waals surface area contributed by atoms with Gasteiger partial charge < -0.3 is 43.4 Å². The van der Waals surface area contributed by atoms with E-state index < -0.39 is 85.0 Å². The average molecular weight is 432 g/mol. The lowest BCUT2D eigenvalue weighted by molar-refractivity contribution is -0.144. The summed E-state index contributed by atoms with van der Waals surface area (Å²) in [4.78, 5) is 69.6. The maximum atomic E-state index is 12.5. The highest BCUT2D eigenvalue weighted by molar-refractivity contribution is 5.95. The zero-order valence-electron chi connectivity index (χ0n) is 16.6. The molecule has 0 aliphatic carbocycles. The number of nitrogens with one attached hydrogen (secondary N) is 3. The number of hydrogen-bond acceptors (Lipinski definition) is 8. The largest absolute Gasteiger partial charge is 0.480 e. The first-order valence-corrected chi connectivity index (χ1v) is 8.87. The van der Waals surface area contributed by atoms with Crippen LogP contribution < -0.4 is 33.2 Å². The van der Waals surface area contributed by atoms with Gasteiger partial charge in [-0.15, -0.1) is 0 Å². The SMILES string of the molecule is CC(C)C(NC(=O)C(N)CC(N)=O)C(=O)NC(CO)C(=O)NC(CC(N)=O)C(=O)O. The van der Waals surface area contributed by atoms with Gasteiger partial charge in [-0.2, -0.15) is 0 Å². The first kappa shape index (κ1) is 26.7. The molecule has 14 heteroatoms. The molecule has 0 spiro atoms. The average Bonchev–Trinajstić information content (AvgIpc) is 2.61. The fraction of sp³-hybridized carbons (Fsp3) is 0.625. The van der Waals surface area contributed by atoms with Crippen LogP contribution in [0.4, 0.5) is 0 Å². The van der Waals surface area contributed by atoms with Crippen molar-refractivity contribution in [3.8, 4) is 0 Å². The third-order valence-electron chi connectivity index (χ3n) is 3.84. The van der Waals surface area contributed by atoms with Crippen molar-refractivity contribution in [1.82, 2.24) is 16.0 Å². The number of primary amides is 2. The number of amides is 5. The molecule has 0 rings (SSSR count). The number of carboxylic acid groups (broad SMARTS) is 1. The molecule has 170 valence electrons. The van der Waals surface area contributed by atoms with Gasteiger partial charge in [0.25, 0.3) is 0 Å². The van der Waals surface area contributed by atoms with Crippen LogP contribution in [-0.4, -0.2) is 76.5 Å². The van der Waals surface area contributed by atoms with Crippen molar-refractivity contribution in [2.24, 2.45) is 23.1 Å². The highest BCUT2D eigenvalue weighted by Crippen LogP contribution is 2.04. The van der Waals surface area contributed by atoms with E-state index in [-0.39, 0.29) is 0 Å². The summed E-state index contributed by atoms with van der Waals surface area (Å²) in [6.07, 6.45) is -1.15. The third-order valence-corrected chi connectivity index (χ3v) is 3.84. The number of aliphatic hydroxyl groups excluding tert-OH is 1. The fourth-order valence-electron chi connectivity index (χ4n) is 2.23. The van der Waals surface area contributed by atoms with Gasteiger partial charge in [-0.1, -0.05) is 13.8 Å². The van der Waals surface area contributed by atoms with E-state index in [2.05, 4.69) is 10.6 Å². The van der Waals surface area contributed by atoms with Crippen molar-refractivity contribution in [2.45, 2.75) is 50.9 Å². The molecule has 11 N–H and O–H groups in total. The zero-order valence-corrected chi connectivity index (χ0v) is 16.6. The predicted octanol–water partition coefficient (Wildman–Crippen LogP) is -4.75. The topological polar surface area (TPSA) is 257 Å². The van der Waals surface area contributed by atoms with E-state index in [0.717, 1.165) is 0 Å². The van der Waals surface area contributed by atoms with E-state index in [0.29, 0.717) is 0 Å². The van der Waals surface area contributed by atoms with Crippen LogP contribution in [-0.2, 0) is 28.8 Å². The van der Waals surface area contributed by atoms with Gasteiger partial charge in [0, 0.05) is 0 Å². The highest BCUT2D eigenvalue weighted by Gasteiger charge is 2.32. The quantitative estimate of drug-likeness (QED) is 0.139. The zero-order chi connectivity index (χ0) is 23.6. The first-order chi connectivity index (χ1) is 13.8. The van der Waals surface area contributed by atoms with Crippen LogP contribution in [0, 0.1) is 5.92 Å². The van der Waals surface area contributed by atoms with Crippen LogP contribution in [0.25, 0.3) is 0 Å². The Kier molecular flexibility index (Phi) is 11.0. The normalized spacial score (nSPS) is 14.7. The fourth-order valence-corrected chi connectivity index (χ4v) is 2.23. The minimum absolute atomic E-state index is 0.448. The number of carboxylic acids is 1. The number of aliphatic carboxylic acids is 1. The van der Waals surface area contributed by atoms with Crippen molar-refractivity contribution in [2.75, 3.05) is 6.61 Å². The second kappa shape index (κ2) is 12.3. The summed E-state index contributed by atoms with van der Waals surface area (Å²) in [6, 6.07) is -5.73. The minimum atomic E-state index is -1.66. The Balaban J connectivity index is 5.19. The molecule has 0 aliphatic heterocycles. The lowest BCUT2D eigenvalue weighted by atomic mass is 10.0. The monoisotopic (exact) mass is 432 g/mol. The molecule has 0 aliphatic rings. The maximum Gasteiger partial charge on any atom is 0.326 e. The molecule has 0 aromatic heterocycles. The molecule has 30 heavy (non-hydrogen) atoms. The van der Waals surface area contributed by atoms with Gasteiger partial charge in [0.2, 0.25) is 29.5 Å². The number of aliphatic hydroxyl groups is 1. The van der Waals surface area contributed by atoms with Crippen LogP contribution in [0.2, 0.25) is 0 Å². The Labute approximate surface area is 171 Å². The molecule has 4 atom stereocenters. The number of hydrogen-bond donors (Lipinski definition) is 8. The lowest BCUT2D eigenvalue weighted by Gasteiger charge is -2.26. The minimum Gasteiger partial charge on any atom is -0.480 e. The van der Waals surface area contributed by atoms with Crippen LogP contribution in [0.3, 0.4) is 0 Å². The molecule has 0 bridgehead atoms. The molecule has 14 nitrogen and oxygen atoms in total. The molecule has 5 amide bonds. The molecule has 0 saturated heterocycles. The summed E-state index contributed by atoms with van der Waals surface area (Å²) in [7, 11) is 0. The molecule has 0 heterocycles. The summed E-state index contributed by atoms with van der Waals surface area (Å²) >= 11 is 0. The lowest BCUT2D eigenvalue weighted by Crippen LogP contribution is -2.59. The van der Waals surface area contributed by atoms with Crippen molar-refractivity contribution >= 4 is 35.5 Å². The molecule has 0 aromatic rings. The molecule has 0 fully saturated rings. The Morgan fingerprint density at radius 1 is 0.800 bits per heavy atom. The van der Waals surface area contributed by atoms with Gasteiger partial charge in [0.1, 0.15) is 18.1 Å². The van der Waals surface area contributed by atoms with E-state index in [9.17, 15) is 33.9 Å². The van der Waals surface area contributed by atoms with Crippen molar-refractivity contribution in [1.29, 1.82) is 0 Å². The van der Waals surface area contributed by atoms with Crippen LogP contribution in [0.5, 0.6) is 0 Å². The summed E-state index contributed by atoms with van der Waals surface area (Å²) in [6.45, 7) is 2.25. The van der Waals surface area contributed by atoms with Crippen LogP contribution >= 0.6 is 0 Å². The molecular formula is C16H28N6O8. The molecule has 0 aromatic carbocycles. The van der Waals surface area contributed by atoms with Gasteiger partial charge in [-0.3, -0.25) is 24.0 Å². The Hall–Kier alpha value is -3.26.